The van der Waals surface area contributed by atoms with Crippen LogP contribution in [0.4, 0.5) is 8.78 Å². The lowest BCUT2D eigenvalue weighted by atomic mass is 9.72. The van der Waals surface area contributed by atoms with Crippen molar-refractivity contribution >= 4 is 0 Å². The van der Waals surface area contributed by atoms with Gasteiger partial charge in [-0.1, -0.05) is 27.2 Å². The van der Waals surface area contributed by atoms with E-state index in [0.717, 1.165) is 39.1 Å². The standard InChI is InChI=1S/C20H37F2N3/c1-4-17(3)12-25-9-6-18(20(21,22)16-25)13-24-10-7-19(8-11-24)14-23(5-2)15-19/h17-18H,4-16H2,1-3H3. The number of hydrogen-bond acceptors (Lipinski definition) is 3. The molecule has 0 amide bonds. The third-order valence-electron chi connectivity index (χ3n) is 7.05. The Balaban J connectivity index is 1.44. The van der Waals surface area contributed by atoms with Gasteiger partial charge in [0, 0.05) is 32.1 Å². The summed E-state index contributed by atoms with van der Waals surface area (Å²) >= 11 is 0. The maximum Gasteiger partial charge on any atom is 0.264 e. The number of likely N-dealkylation sites (tertiary alicyclic amines) is 3. The van der Waals surface area contributed by atoms with E-state index in [4.69, 9.17) is 0 Å². The molecule has 0 N–H and O–H groups in total. The van der Waals surface area contributed by atoms with Crippen LogP contribution in [0.3, 0.4) is 0 Å². The molecule has 3 aliphatic rings. The fraction of sp³-hybridized carbons (Fsp3) is 1.00. The molecular formula is C20H37F2N3. The molecule has 0 aromatic heterocycles. The molecule has 0 saturated carbocycles. The number of hydrogen-bond donors (Lipinski definition) is 0. The van der Waals surface area contributed by atoms with Crippen molar-refractivity contribution in [2.45, 2.75) is 52.4 Å². The monoisotopic (exact) mass is 357 g/mol. The van der Waals surface area contributed by atoms with E-state index in [1.54, 1.807) is 0 Å². The fourth-order valence-corrected chi connectivity index (χ4v) is 4.97. The van der Waals surface area contributed by atoms with Crippen LogP contribution in [-0.2, 0) is 0 Å². The van der Waals surface area contributed by atoms with Gasteiger partial charge in [-0.05, 0) is 56.8 Å². The number of halogens is 2. The first-order valence-corrected chi connectivity index (χ1v) is 10.4. The normalized spacial score (nSPS) is 31.8. The molecule has 3 rings (SSSR count). The first-order valence-electron chi connectivity index (χ1n) is 10.4. The molecule has 5 heteroatoms. The Labute approximate surface area is 152 Å². The van der Waals surface area contributed by atoms with Crippen molar-refractivity contribution in [1.82, 2.24) is 14.7 Å². The van der Waals surface area contributed by atoms with E-state index < -0.39 is 11.8 Å². The van der Waals surface area contributed by atoms with Gasteiger partial charge in [0.25, 0.3) is 5.92 Å². The molecule has 0 aliphatic carbocycles. The van der Waals surface area contributed by atoms with Gasteiger partial charge in [0.2, 0.25) is 0 Å². The molecular weight excluding hydrogens is 320 g/mol. The predicted octanol–water partition coefficient (Wildman–Crippen LogP) is 3.41. The number of piperidine rings is 2. The Bertz CT molecular complexity index is 427. The summed E-state index contributed by atoms with van der Waals surface area (Å²) in [4.78, 5) is 6.81. The Morgan fingerprint density at radius 1 is 0.960 bits per heavy atom. The summed E-state index contributed by atoms with van der Waals surface area (Å²) in [5.74, 6) is -2.48. The highest BCUT2D eigenvalue weighted by Crippen LogP contribution is 2.41. The van der Waals surface area contributed by atoms with E-state index in [9.17, 15) is 8.78 Å². The van der Waals surface area contributed by atoms with Crippen LogP contribution >= 0.6 is 0 Å². The molecule has 1 spiro atoms. The van der Waals surface area contributed by atoms with Gasteiger partial charge in [0.1, 0.15) is 0 Å². The minimum absolute atomic E-state index is 0.0365. The van der Waals surface area contributed by atoms with Gasteiger partial charge in [-0.3, -0.25) is 4.90 Å². The SMILES string of the molecule is CCC(C)CN1CCC(CN2CCC3(CC2)CN(CC)C3)C(F)(F)C1. The number of rotatable bonds is 6. The van der Waals surface area contributed by atoms with Gasteiger partial charge in [0.15, 0.2) is 0 Å². The van der Waals surface area contributed by atoms with Crippen LogP contribution in [0, 0.1) is 17.3 Å². The fourth-order valence-electron chi connectivity index (χ4n) is 4.97. The Hall–Kier alpha value is -0.260. The molecule has 3 fully saturated rings. The van der Waals surface area contributed by atoms with E-state index in [-0.39, 0.29) is 6.54 Å². The van der Waals surface area contributed by atoms with Crippen molar-refractivity contribution in [3.05, 3.63) is 0 Å². The highest BCUT2D eigenvalue weighted by Gasteiger charge is 2.47. The Morgan fingerprint density at radius 2 is 1.64 bits per heavy atom. The molecule has 3 aliphatic heterocycles. The molecule has 25 heavy (non-hydrogen) atoms. The van der Waals surface area contributed by atoms with Crippen LogP contribution in [0.2, 0.25) is 0 Å². The lowest BCUT2D eigenvalue weighted by Gasteiger charge is -2.54. The van der Waals surface area contributed by atoms with Crippen LogP contribution in [0.1, 0.15) is 46.5 Å². The molecule has 0 aromatic carbocycles. The predicted molar refractivity (Wildman–Crippen MR) is 99.2 cm³/mol. The summed E-state index contributed by atoms with van der Waals surface area (Å²) in [5, 5.41) is 0. The average Bonchev–Trinajstić information content (AvgIpc) is 2.55. The first kappa shape index (κ1) is 19.5. The molecule has 2 unspecified atom stereocenters. The van der Waals surface area contributed by atoms with Gasteiger partial charge in [-0.25, -0.2) is 8.78 Å². The minimum Gasteiger partial charge on any atom is -0.303 e. The van der Waals surface area contributed by atoms with Crippen LogP contribution < -0.4 is 0 Å². The second-order valence-electron chi connectivity index (χ2n) is 9.10. The van der Waals surface area contributed by atoms with Crippen molar-refractivity contribution in [3.8, 4) is 0 Å². The van der Waals surface area contributed by atoms with Crippen molar-refractivity contribution in [1.29, 1.82) is 0 Å². The Kier molecular flexibility index (Phi) is 6.06. The first-order chi connectivity index (χ1) is 11.9. The van der Waals surface area contributed by atoms with Crippen molar-refractivity contribution in [3.63, 3.8) is 0 Å². The molecule has 3 nitrogen and oxygen atoms in total. The third-order valence-corrected chi connectivity index (χ3v) is 7.05. The van der Waals surface area contributed by atoms with Gasteiger partial charge in [-0.15, -0.1) is 0 Å². The zero-order valence-corrected chi connectivity index (χ0v) is 16.4. The lowest BCUT2D eigenvalue weighted by molar-refractivity contribution is -0.125. The molecule has 3 heterocycles. The molecule has 0 radical (unpaired) electrons. The van der Waals surface area contributed by atoms with E-state index in [1.807, 2.05) is 4.90 Å². The Morgan fingerprint density at radius 3 is 2.20 bits per heavy atom. The smallest absolute Gasteiger partial charge is 0.264 e. The number of alkyl halides is 2. The maximum absolute atomic E-state index is 14.7. The highest BCUT2D eigenvalue weighted by atomic mass is 19.3. The van der Waals surface area contributed by atoms with Gasteiger partial charge < -0.3 is 9.80 Å². The second-order valence-corrected chi connectivity index (χ2v) is 9.10. The molecule has 3 saturated heterocycles. The summed E-state index contributed by atoms with van der Waals surface area (Å²) < 4.78 is 29.4. The van der Waals surface area contributed by atoms with E-state index in [1.165, 1.54) is 25.9 Å². The van der Waals surface area contributed by atoms with Crippen molar-refractivity contribution in [2.24, 2.45) is 17.3 Å². The van der Waals surface area contributed by atoms with E-state index in [2.05, 4.69) is 30.6 Å². The number of nitrogens with zero attached hydrogens (tertiary/aromatic N) is 3. The quantitative estimate of drug-likeness (QED) is 0.721. The van der Waals surface area contributed by atoms with Gasteiger partial charge in [0.05, 0.1) is 6.54 Å². The zero-order valence-electron chi connectivity index (χ0n) is 16.4. The molecule has 0 bridgehead atoms. The largest absolute Gasteiger partial charge is 0.303 e. The lowest BCUT2D eigenvalue weighted by Crippen LogP contribution is -2.61. The summed E-state index contributed by atoms with van der Waals surface area (Å²) in [6, 6.07) is 0. The summed E-state index contributed by atoms with van der Waals surface area (Å²) in [5.41, 5.74) is 0.509. The zero-order chi connectivity index (χ0) is 18.1. The molecule has 2 atom stereocenters. The molecule has 146 valence electrons. The van der Waals surface area contributed by atoms with E-state index >= 15 is 0 Å². The van der Waals surface area contributed by atoms with Crippen molar-refractivity contribution < 1.29 is 8.78 Å². The topological polar surface area (TPSA) is 9.72 Å². The van der Waals surface area contributed by atoms with Gasteiger partial charge in [-0.2, -0.15) is 0 Å². The summed E-state index contributed by atoms with van der Waals surface area (Å²) in [6.45, 7) is 14.4. The summed E-state index contributed by atoms with van der Waals surface area (Å²) in [6.07, 6.45) is 4.11. The second kappa shape index (κ2) is 7.77. The van der Waals surface area contributed by atoms with E-state index in [0.29, 0.717) is 24.3 Å². The highest BCUT2D eigenvalue weighted by molar-refractivity contribution is 4.98. The van der Waals surface area contributed by atoms with Crippen LogP contribution in [-0.4, -0.2) is 79.5 Å². The van der Waals surface area contributed by atoms with Gasteiger partial charge >= 0.3 is 0 Å². The van der Waals surface area contributed by atoms with Crippen LogP contribution in [0.5, 0.6) is 0 Å². The third kappa shape index (κ3) is 4.54. The summed E-state index contributed by atoms with van der Waals surface area (Å²) in [7, 11) is 0. The average molecular weight is 358 g/mol. The minimum atomic E-state index is -2.53. The van der Waals surface area contributed by atoms with Crippen LogP contribution in [0.25, 0.3) is 0 Å². The van der Waals surface area contributed by atoms with Crippen molar-refractivity contribution in [2.75, 3.05) is 58.9 Å². The van der Waals surface area contributed by atoms with Crippen LogP contribution in [0.15, 0.2) is 0 Å². The molecule has 0 aromatic rings. The maximum atomic E-state index is 14.7.